The molecule has 0 saturated heterocycles. The number of ether oxygens (including phenoxy) is 2. The highest BCUT2D eigenvalue weighted by Gasteiger charge is 2.13. The van der Waals surface area contributed by atoms with Crippen LogP contribution < -0.4 is 20.5 Å². The number of hydrogen-bond acceptors (Lipinski definition) is 7. The molecule has 0 atom stereocenters. The van der Waals surface area contributed by atoms with Crippen LogP contribution in [-0.2, 0) is 13.2 Å². The molecule has 5 rings (SSSR count). The summed E-state index contributed by atoms with van der Waals surface area (Å²) in [5.41, 5.74) is 2.89. The Balaban J connectivity index is 1.33. The van der Waals surface area contributed by atoms with Crippen molar-refractivity contribution in [2.45, 2.75) is 13.2 Å². The zero-order valence-electron chi connectivity index (χ0n) is 19.6. The van der Waals surface area contributed by atoms with Crippen LogP contribution in [0.1, 0.15) is 21.5 Å². The lowest BCUT2D eigenvalue weighted by atomic mass is 10.1. The fourth-order valence-corrected chi connectivity index (χ4v) is 3.50. The topological polar surface area (TPSA) is 119 Å². The number of carbonyl (C=O) groups excluding carboxylic acids is 1. The molecule has 2 aromatic heterocycles. The summed E-state index contributed by atoms with van der Waals surface area (Å²) in [6.45, 7) is 0.689. The van der Waals surface area contributed by atoms with E-state index in [1.807, 2.05) is 60.7 Å². The van der Waals surface area contributed by atoms with Gasteiger partial charge in [-0.2, -0.15) is 0 Å². The predicted molar refractivity (Wildman–Crippen MR) is 136 cm³/mol. The van der Waals surface area contributed by atoms with Crippen molar-refractivity contribution in [3.05, 3.63) is 124 Å². The highest BCUT2D eigenvalue weighted by atomic mass is 16.5. The molecule has 3 aromatic carbocycles. The SMILES string of the molecule is O=C(Nc1ccc(-c2noc(=O)[nH]2)cn1)c1cc(OCc2ccccc2)cc(OCc2ccccc2)c1. The van der Waals surface area contributed by atoms with Crippen molar-refractivity contribution in [2.24, 2.45) is 0 Å². The normalized spacial score (nSPS) is 10.6. The van der Waals surface area contributed by atoms with Crippen molar-refractivity contribution in [1.82, 2.24) is 15.1 Å². The summed E-state index contributed by atoms with van der Waals surface area (Å²) < 4.78 is 16.5. The molecule has 0 radical (unpaired) electrons. The number of nitrogens with zero attached hydrogens (tertiary/aromatic N) is 2. The summed E-state index contributed by atoms with van der Waals surface area (Å²) in [6, 6.07) is 27.8. The number of aromatic nitrogens is 3. The van der Waals surface area contributed by atoms with E-state index in [0.717, 1.165) is 11.1 Å². The lowest BCUT2D eigenvalue weighted by Crippen LogP contribution is -2.13. The number of anilines is 1. The Morgan fingerprint density at radius 2 is 1.46 bits per heavy atom. The van der Waals surface area contributed by atoms with E-state index in [2.05, 4.69) is 25.0 Å². The van der Waals surface area contributed by atoms with Crippen LogP contribution in [0, 0.1) is 0 Å². The van der Waals surface area contributed by atoms with Gasteiger partial charge in [-0.15, -0.1) is 0 Å². The quantitative estimate of drug-likeness (QED) is 0.301. The summed E-state index contributed by atoms with van der Waals surface area (Å²) in [6.07, 6.45) is 1.47. The summed E-state index contributed by atoms with van der Waals surface area (Å²) >= 11 is 0. The maximum atomic E-state index is 13.1. The predicted octanol–water partition coefficient (Wildman–Crippen LogP) is 4.84. The van der Waals surface area contributed by atoms with Gasteiger partial charge in [-0.25, -0.2) is 9.78 Å². The first-order valence-electron chi connectivity index (χ1n) is 11.4. The van der Waals surface area contributed by atoms with Crippen LogP contribution in [0.15, 0.2) is 107 Å². The van der Waals surface area contributed by atoms with Gasteiger partial charge < -0.3 is 14.8 Å². The van der Waals surface area contributed by atoms with Gasteiger partial charge >= 0.3 is 5.76 Å². The number of nitrogens with one attached hydrogen (secondary N) is 2. The lowest BCUT2D eigenvalue weighted by molar-refractivity contribution is 0.102. The molecule has 0 unspecified atom stereocenters. The maximum absolute atomic E-state index is 13.1. The van der Waals surface area contributed by atoms with Crippen molar-refractivity contribution in [3.8, 4) is 22.9 Å². The molecule has 184 valence electrons. The van der Waals surface area contributed by atoms with Crippen LogP contribution in [0.3, 0.4) is 0 Å². The van der Waals surface area contributed by atoms with E-state index in [9.17, 15) is 9.59 Å². The molecular weight excluding hydrogens is 472 g/mol. The number of benzene rings is 3. The third kappa shape index (κ3) is 6.29. The van der Waals surface area contributed by atoms with Crippen LogP contribution in [0.25, 0.3) is 11.4 Å². The van der Waals surface area contributed by atoms with Crippen LogP contribution in [0.4, 0.5) is 5.82 Å². The number of hydrogen-bond donors (Lipinski definition) is 2. The van der Waals surface area contributed by atoms with Crippen LogP contribution in [-0.4, -0.2) is 21.0 Å². The van der Waals surface area contributed by atoms with Crippen molar-refractivity contribution < 1.29 is 18.8 Å². The molecule has 5 aromatic rings. The maximum Gasteiger partial charge on any atom is 0.439 e. The van der Waals surface area contributed by atoms with Crippen molar-refractivity contribution in [2.75, 3.05) is 5.32 Å². The second-order valence-corrected chi connectivity index (χ2v) is 8.07. The zero-order valence-corrected chi connectivity index (χ0v) is 19.6. The van der Waals surface area contributed by atoms with E-state index in [4.69, 9.17) is 9.47 Å². The summed E-state index contributed by atoms with van der Waals surface area (Å²) in [5.74, 6) is 0.522. The van der Waals surface area contributed by atoms with Gasteiger partial charge in [0.05, 0.1) is 0 Å². The van der Waals surface area contributed by atoms with Crippen molar-refractivity contribution in [3.63, 3.8) is 0 Å². The van der Waals surface area contributed by atoms with Gasteiger partial charge in [0.1, 0.15) is 30.5 Å². The van der Waals surface area contributed by atoms with E-state index in [-0.39, 0.29) is 11.7 Å². The Labute approximate surface area is 211 Å². The van der Waals surface area contributed by atoms with Crippen molar-refractivity contribution >= 4 is 11.7 Å². The molecule has 0 fully saturated rings. The number of aromatic amines is 1. The van der Waals surface area contributed by atoms with E-state index in [1.165, 1.54) is 6.20 Å². The van der Waals surface area contributed by atoms with E-state index in [0.29, 0.717) is 41.7 Å². The van der Waals surface area contributed by atoms with Gasteiger partial charge in [-0.1, -0.05) is 65.8 Å². The fourth-order valence-electron chi connectivity index (χ4n) is 3.50. The minimum absolute atomic E-state index is 0.249. The van der Waals surface area contributed by atoms with Crippen molar-refractivity contribution in [1.29, 1.82) is 0 Å². The van der Waals surface area contributed by atoms with Gasteiger partial charge in [0.25, 0.3) is 5.91 Å². The second-order valence-electron chi connectivity index (χ2n) is 8.07. The molecule has 0 bridgehead atoms. The number of H-pyrrole nitrogens is 1. The molecule has 0 spiro atoms. The molecule has 2 N–H and O–H groups in total. The Morgan fingerprint density at radius 1 is 0.838 bits per heavy atom. The number of pyridine rings is 1. The van der Waals surface area contributed by atoms with Gasteiger partial charge in [0.2, 0.25) is 0 Å². The van der Waals surface area contributed by atoms with Gasteiger partial charge in [0, 0.05) is 23.4 Å². The average molecular weight is 495 g/mol. The highest BCUT2D eigenvalue weighted by Crippen LogP contribution is 2.26. The molecular formula is C28H22N4O5. The molecule has 1 amide bonds. The number of carbonyl (C=O) groups is 1. The fraction of sp³-hybridized carbons (Fsp3) is 0.0714. The minimum Gasteiger partial charge on any atom is -0.489 e. The monoisotopic (exact) mass is 494 g/mol. The van der Waals surface area contributed by atoms with Crippen LogP contribution in [0.5, 0.6) is 11.5 Å². The molecule has 9 heteroatoms. The van der Waals surface area contributed by atoms with E-state index in [1.54, 1.807) is 30.3 Å². The largest absolute Gasteiger partial charge is 0.489 e. The summed E-state index contributed by atoms with van der Waals surface area (Å²) in [4.78, 5) is 30.9. The minimum atomic E-state index is -0.660. The molecule has 0 saturated carbocycles. The first-order chi connectivity index (χ1) is 18.1. The van der Waals surface area contributed by atoms with Gasteiger partial charge in [-0.3, -0.25) is 14.3 Å². The number of amides is 1. The highest BCUT2D eigenvalue weighted by molar-refractivity contribution is 6.04. The van der Waals surface area contributed by atoms with E-state index >= 15 is 0 Å². The van der Waals surface area contributed by atoms with Crippen LogP contribution >= 0.6 is 0 Å². The first-order valence-corrected chi connectivity index (χ1v) is 11.4. The summed E-state index contributed by atoms with van der Waals surface area (Å²) in [7, 11) is 0. The average Bonchev–Trinajstić information content (AvgIpc) is 3.38. The molecule has 37 heavy (non-hydrogen) atoms. The molecule has 2 heterocycles. The van der Waals surface area contributed by atoms with Gasteiger partial charge in [0.15, 0.2) is 5.82 Å². The Kier molecular flexibility index (Phi) is 7.03. The zero-order chi connectivity index (χ0) is 25.5. The Morgan fingerprint density at radius 3 is 1.97 bits per heavy atom. The standard InChI is InChI=1S/C28H22N4O5/c33-27(30-25-12-11-21(16-29-25)26-31-28(34)37-32-26)22-13-23(35-17-19-7-3-1-4-8-19)15-24(14-22)36-18-20-9-5-2-6-10-20/h1-16H,17-18H2,(H,29,30,33)(H,31,32,34). The molecule has 0 aliphatic rings. The number of rotatable bonds is 9. The summed E-state index contributed by atoms with van der Waals surface area (Å²) in [5, 5.41) is 6.39. The molecule has 0 aliphatic heterocycles. The smallest absolute Gasteiger partial charge is 0.439 e. The Bertz CT molecular complexity index is 1470. The molecule has 9 nitrogen and oxygen atoms in total. The molecule has 0 aliphatic carbocycles. The Hall–Kier alpha value is -5.18. The van der Waals surface area contributed by atoms with Gasteiger partial charge in [-0.05, 0) is 35.4 Å². The lowest BCUT2D eigenvalue weighted by Gasteiger charge is -2.13. The first kappa shape index (κ1) is 23.6. The second kappa shape index (κ2) is 11.0. The third-order valence-electron chi connectivity index (χ3n) is 5.36. The van der Waals surface area contributed by atoms with Crippen LogP contribution in [0.2, 0.25) is 0 Å². The van der Waals surface area contributed by atoms with E-state index < -0.39 is 5.76 Å². The third-order valence-corrected chi connectivity index (χ3v) is 5.36.